The van der Waals surface area contributed by atoms with E-state index in [1.165, 1.54) is 12.1 Å². The lowest BCUT2D eigenvalue weighted by atomic mass is 9.92. The molecule has 1 aliphatic heterocycles. The summed E-state index contributed by atoms with van der Waals surface area (Å²) >= 11 is 6.39. The van der Waals surface area contributed by atoms with Gasteiger partial charge in [-0.25, -0.2) is 0 Å². The molecule has 1 saturated heterocycles. The van der Waals surface area contributed by atoms with Crippen molar-refractivity contribution >= 4 is 23.5 Å². The van der Waals surface area contributed by atoms with E-state index in [-0.39, 0.29) is 22.4 Å². The normalized spacial score (nSPS) is 12.9. The van der Waals surface area contributed by atoms with Crippen molar-refractivity contribution in [1.82, 2.24) is 10.6 Å². The van der Waals surface area contributed by atoms with E-state index in [1.54, 1.807) is 12.1 Å². The Morgan fingerprint density at radius 1 is 1.28 bits per heavy atom. The lowest BCUT2D eigenvalue weighted by Gasteiger charge is -2.14. The van der Waals surface area contributed by atoms with E-state index in [4.69, 9.17) is 11.6 Å². The number of nitrogens with zero attached hydrogens (tertiary/aromatic N) is 2. The zero-order valence-corrected chi connectivity index (χ0v) is 14.2. The zero-order chi connectivity index (χ0) is 18.0. The van der Waals surface area contributed by atoms with Crippen LogP contribution in [0.3, 0.4) is 0 Å². The van der Waals surface area contributed by atoms with Crippen LogP contribution in [-0.2, 0) is 0 Å². The monoisotopic (exact) mass is 354 g/mol. The number of phenolic OH excluding ortho intramolecular Hbond substituents is 1. The van der Waals surface area contributed by atoms with Crippen molar-refractivity contribution < 1.29 is 9.90 Å². The van der Waals surface area contributed by atoms with Crippen LogP contribution < -0.4 is 10.6 Å². The van der Waals surface area contributed by atoms with Gasteiger partial charge in [0, 0.05) is 24.2 Å². The number of carbonyl (C=O) groups excluding carboxylic acids is 1. The number of phenols is 1. The number of amides is 1. The average Bonchev–Trinajstić information content (AvgIpc) is 3.10. The topological polar surface area (TPSA) is 97.5 Å². The van der Waals surface area contributed by atoms with Gasteiger partial charge in [-0.3, -0.25) is 4.79 Å². The summed E-state index contributed by atoms with van der Waals surface area (Å²) in [4.78, 5) is 16.7. The van der Waals surface area contributed by atoms with Crippen LogP contribution in [0.5, 0.6) is 5.75 Å². The van der Waals surface area contributed by atoms with Crippen molar-refractivity contribution in [2.45, 2.75) is 6.92 Å². The number of aliphatic imine (C=N–C) groups is 1. The molecule has 0 radical (unpaired) electrons. The summed E-state index contributed by atoms with van der Waals surface area (Å²) in [7, 11) is 0. The van der Waals surface area contributed by atoms with E-state index in [0.29, 0.717) is 29.6 Å². The summed E-state index contributed by atoms with van der Waals surface area (Å²) in [5.41, 5.74) is 1.78. The lowest BCUT2D eigenvalue weighted by molar-refractivity contribution is 0.100. The first-order valence-corrected chi connectivity index (χ1v) is 8.03. The Balaban J connectivity index is 2.25. The maximum atomic E-state index is 12.7. The lowest BCUT2D eigenvalue weighted by Crippen LogP contribution is -2.25. The van der Waals surface area contributed by atoms with Crippen LogP contribution in [-0.4, -0.2) is 30.1 Å². The number of carbonyl (C=O) groups is 1. The van der Waals surface area contributed by atoms with Gasteiger partial charge in [-0.15, -0.1) is 0 Å². The molecule has 7 heteroatoms. The Morgan fingerprint density at radius 2 is 2.00 bits per heavy atom. The van der Waals surface area contributed by atoms with Gasteiger partial charge in [0.05, 0.1) is 22.2 Å². The molecule has 2 aromatic carbocycles. The first-order chi connectivity index (χ1) is 12.0. The number of aryl methyl sites for hydroxylation is 1. The molecular weight excluding hydrogens is 340 g/mol. The van der Waals surface area contributed by atoms with Crippen molar-refractivity contribution in [3.05, 3.63) is 52.0 Å². The molecule has 0 unspecified atom stereocenters. The minimum absolute atomic E-state index is 0.0467. The number of benzene rings is 2. The van der Waals surface area contributed by atoms with Crippen LogP contribution in [0.4, 0.5) is 0 Å². The molecule has 0 aliphatic carbocycles. The molecule has 126 valence electrons. The molecule has 1 aliphatic rings. The van der Waals surface area contributed by atoms with Gasteiger partial charge in [-0.1, -0.05) is 29.8 Å². The maximum Gasteiger partial charge on any atom is 0.284 e. The van der Waals surface area contributed by atoms with E-state index in [1.807, 2.05) is 13.0 Å². The Bertz CT molecular complexity index is 923. The predicted octanol–water partition coefficient (Wildman–Crippen LogP) is 2.58. The van der Waals surface area contributed by atoms with Crippen LogP contribution in [0.15, 0.2) is 35.3 Å². The van der Waals surface area contributed by atoms with E-state index in [9.17, 15) is 15.2 Å². The molecule has 1 heterocycles. The Hall–Kier alpha value is -3.04. The third-order valence-electron chi connectivity index (χ3n) is 3.90. The molecule has 3 N–H and O–H groups in total. The number of hydrogen-bond donors (Lipinski definition) is 3. The molecule has 0 atom stereocenters. The molecule has 1 amide bonds. The third kappa shape index (κ3) is 3.14. The molecule has 3 rings (SSSR count). The van der Waals surface area contributed by atoms with E-state index in [2.05, 4.69) is 21.7 Å². The van der Waals surface area contributed by atoms with Crippen LogP contribution in [0.2, 0.25) is 5.02 Å². The van der Waals surface area contributed by atoms with Crippen molar-refractivity contribution in [3.63, 3.8) is 0 Å². The second-order valence-corrected chi connectivity index (χ2v) is 5.93. The number of rotatable bonds is 2. The van der Waals surface area contributed by atoms with Crippen molar-refractivity contribution in [1.29, 1.82) is 5.26 Å². The predicted molar refractivity (Wildman–Crippen MR) is 95.8 cm³/mol. The zero-order valence-electron chi connectivity index (χ0n) is 13.4. The van der Waals surface area contributed by atoms with E-state index in [0.717, 1.165) is 5.56 Å². The first kappa shape index (κ1) is 16.8. The second kappa shape index (κ2) is 6.83. The van der Waals surface area contributed by atoms with Gasteiger partial charge in [0.2, 0.25) is 0 Å². The van der Waals surface area contributed by atoms with Gasteiger partial charge >= 0.3 is 0 Å². The Kier molecular flexibility index (Phi) is 4.59. The van der Waals surface area contributed by atoms with Crippen LogP contribution in [0, 0.1) is 18.3 Å². The summed E-state index contributed by atoms with van der Waals surface area (Å²) in [5, 5.41) is 26.0. The first-order valence-electron chi connectivity index (χ1n) is 7.65. The molecule has 2 aromatic rings. The molecular formula is C18H15ClN4O2. The standard InChI is InChI=1S/C18H15ClN4O2/c1-10-3-2-4-12(16(10)19)14-11(9-20)5-6-13(24)15(14)17(25)23-18-21-7-8-22-18/h2-6,24H,7-8H2,1H3,(H2,21,22,23,25). The molecule has 6 nitrogen and oxygen atoms in total. The highest BCUT2D eigenvalue weighted by Gasteiger charge is 2.23. The quantitative estimate of drug-likeness (QED) is 0.770. The fraction of sp³-hybridized carbons (Fsp3) is 0.167. The van der Waals surface area contributed by atoms with Gasteiger partial charge in [0.1, 0.15) is 5.75 Å². The third-order valence-corrected chi connectivity index (χ3v) is 4.40. The number of halogens is 1. The fourth-order valence-electron chi connectivity index (χ4n) is 2.68. The average molecular weight is 355 g/mol. The number of aromatic hydroxyl groups is 1. The van der Waals surface area contributed by atoms with Gasteiger partial charge in [0.15, 0.2) is 5.96 Å². The molecule has 1 fully saturated rings. The van der Waals surface area contributed by atoms with Gasteiger partial charge in [0.25, 0.3) is 5.91 Å². The highest BCUT2D eigenvalue weighted by atomic mass is 35.5. The summed E-state index contributed by atoms with van der Waals surface area (Å²) in [6, 6.07) is 10.1. The summed E-state index contributed by atoms with van der Waals surface area (Å²) in [6.45, 7) is 3.15. The van der Waals surface area contributed by atoms with E-state index >= 15 is 0 Å². The minimum Gasteiger partial charge on any atom is -0.507 e. The fourth-order valence-corrected chi connectivity index (χ4v) is 2.90. The maximum absolute atomic E-state index is 12.7. The molecule has 0 aromatic heterocycles. The summed E-state index contributed by atoms with van der Waals surface area (Å²) < 4.78 is 0. The largest absolute Gasteiger partial charge is 0.507 e. The Labute approximate surface area is 149 Å². The van der Waals surface area contributed by atoms with Crippen molar-refractivity contribution in [2.24, 2.45) is 4.99 Å². The summed E-state index contributed by atoms with van der Waals surface area (Å²) in [5.74, 6) is -0.564. The second-order valence-electron chi connectivity index (χ2n) is 5.55. The van der Waals surface area contributed by atoms with Crippen LogP contribution in [0.25, 0.3) is 11.1 Å². The number of nitriles is 1. The minimum atomic E-state index is -0.654. The van der Waals surface area contributed by atoms with Gasteiger partial charge in [-0.05, 0) is 24.6 Å². The smallest absolute Gasteiger partial charge is 0.284 e. The molecule has 25 heavy (non-hydrogen) atoms. The number of nitrogens with one attached hydrogen (secondary N) is 2. The number of guanidine groups is 1. The van der Waals surface area contributed by atoms with Crippen molar-refractivity contribution in [3.8, 4) is 22.9 Å². The SMILES string of the molecule is Cc1cccc(-c2c(C#N)ccc(O)c2C(=O)N=C2NCCN2)c1Cl. The van der Waals surface area contributed by atoms with Crippen LogP contribution in [0.1, 0.15) is 21.5 Å². The number of hydrogen-bond acceptors (Lipinski definition) is 3. The van der Waals surface area contributed by atoms with Crippen LogP contribution >= 0.6 is 11.6 Å². The van der Waals surface area contributed by atoms with E-state index < -0.39 is 5.91 Å². The summed E-state index contributed by atoms with van der Waals surface area (Å²) in [6.07, 6.45) is 0. The molecule has 0 saturated carbocycles. The highest BCUT2D eigenvalue weighted by Crippen LogP contribution is 2.38. The van der Waals surface area contributed by atoms with Gasteiger partial charge in [-0.2, -0.15) is 10.3 Å². The van der Waals surface area contributed by atoms with Crippen molar-refractivity contribution in [2.75, 3.05) is 13.1 Å². The molecule has 0 spiro atoms. The van der Waals surface area contributed by atoms with Gasteiger partial charge < -0.3 is 15.7 Å². The molecule has 0 bridgehead atoms. The Morgan fingerprint density at radius 3 is 2.68 bits per heavy atom. The highest BCUT2D eigenvalue weighted by molar-refractivity contribution is 6.34.